The Labute approximate surface area is 135 Å². The topological polar surface area (TPSA) is 21.7 Å². The number of benzene rings is 2. The quantitative estimate of drug-likeness (QED) is 0.456. The maximum atomic E-state index is 4.79. The Morgan fingerprint density at radius 2 is 2.00 bits per heavy atom. The Hall–Kier alpha value is -2.07. The van der Waals surface area contributed by atoms with Crippen molar-refractivity contribution in [1.29, 1.82) is 0 Å². The van der Waals surface area contributed by atoms with E-state index in [0.717, 1.165) is 23.0 Å². The normalized spacial score (nSPS) is 13.9. The van der Waals surface area contributed by atoms with E-state index in [2.05, 4.69) is 74.3 Å². The molecule has 0 fully saturated rings. The van der Waals surface area contributed by atoms with E-state index in [0.29, 0.717) is 0 Å². The molecule has 5 rings (SSSR count). The first-order valence-corrected chi connectivity index (χ1v) is 8.27. The summed E-state index contributed by atoms with van der Waals surface area (Å²) in [6, 6.07) is 15.3. The third-order valence-electron chi connectivity index (χ3n) is 4.56. The fourth-order valence-corrected chi connectivity index (χ4v) is 4.05. The zero-order valence-electron chi connectivity index (χ0n) is 12.2. The van der Waals surface area contributed by atoms with E-state index in [1.54, 1.807) is 0 Å². The van der Waals surface area contributed by atoms with E-state index in [9.17, 15) is 0 Å². The standard InChI is InChI=1S/C18H14BrN3/c1-11-9-12-3-2-4-14-17(12)22(11)16-10-13(19)5-6-15(16)21-8-7-20-18(14)21/h2-6,9-10H,7-8H2,1H3. The van der Waals surface area contributed by atoms with Crippen molar-refractivity contribution >= 4 is 43.3 Å². The van der Waals surface area contributed by atoms with E-state index in [1.807, 2.05) is 0 Å². The molecule has 2 aromatic carbocycles. The van der Waals surface area contributed by atoms with Crippen LogP contribution >= 0.6 is 15.9 Å². The summed E-state index contributed by atoms with van der Waals surface area (Å²) in [5, 5.41) is 2.51. The highest BCUT2D eigenvalue weighted by Gasteiger charge is 2.15. The molecule has 0 atom stereocenters. The minimum absolute atomic E-state index is 0.862. The molecule has 0 saturated heterocycles. The molecule has 0 amide bonds. The first kappa shape index (κ1) is 12.5. The summed E-state index contributed by atoms with van der Waals surface area (Å²) in [7, 11) is 0. The lowest BCUT2D eigenvalue weighted by molar-refractivity contribution is 0.791. The Balaban J connectivity index is 2.29. The summed E-state index contributed by atoms with van der Waals surface area (Å²) >= 11 is 3.63. The lowest BCUT2D eigenvalue weighted by Crippen LogP contribution is -2.13. The Morgan fingerprint density at radius 1 is 1.09 bits per heavy atom. The molecule has 4 heteroatoms. The maximum Gasteiger partial charge on any atom is 0.137 e. The van der Waals surface area contributed by atoms with E-state index in [1.165, 1.54) is 33.0 Å². The van der Waals surface area contributed by atoms with Crippen LogP contribution in [0.3, 0.4) is 0 Å². The van der Waals surface area contributed by atoms with Gasteiger partial charge in [0.25, 0.3) is 0 Å². The number of para-hydroxylation sites is 1. The van der Waals surface area contributed by atoms with Gasteiger partial charge in [0.2, 0.25) is 0 Å². The van der Waals surface area contributed by atoms with Crippen molar-refractivity contribution in [2.24, 2.45) is 4.99 Å². The Kier molecular flexibility index (Phi) is 2.40. The largest absolute Gasteiger partial charge is 0.322 e. The van der Waals surface area contributed by atoms with Gasteiger partial charge >= 0.3 is 0 Å². The number of aromatic nitrogens is 2. The van der Waals surface area contributed by atoms with Gasteiger partial charge < -0.3 is 8.97 Å². The van der Waals surface area contributed by atoms with Crippen LogP contribution in [0.4, 0.5) is 0 Å². The molecule has 0 radical (unpaired) electrons. The predicted molar refractivity (Wildman–Crippen MR) is 93.3 cm³/mol. The van der Waals surface area contributed by atoms with Crippen molar-refractivity contribution in [3.05, 3.63) is 58.1 Å². The SMILES string of the molecule is Cc1cc2cccc3c4n(c5ccc(Br)cc5n1c23)CCN=4. The van der Waals surface area contributed by atoms with Crippen LogP contribution in [0.15, 0.2) is 51.9 Å². The smallest absolute Gasteiger partial charge is 0.137 e. The Morgan fingerprint density at radius 3 is 2.91 bits per heavy atom. The van der Waals surface area contributed by atoms with Gasteiger partial charge in [-0.3, -0.25) is 4.99 Å². The van der Waals surface area contributed by atoms with Crippen molar-refractivity contribution in [3.8, 4) is 0 Å². The summed E-state index contributed by atoms with van der Waals surface area (Å²) in [6.45, 7) is 3.98. The summed E-state index contributed by atoms with van der Waals surface area (Å²) in [5.41, 5.74) is 6.08. The van der Waals surface area contributed by atoms with E-state index in [4.69, 9.17) is 4.99 Å². The molecule has 0 N–H and O–H groups in total. The number of rotatable bonds is 0. The number of nitrogens with zero attached hydrogens (tertiary/aromatic N) is 3. The summed E-state index contributed by atoms with van der Waals surface area (Å²) < 4.78 is 5.82. The highest BCUT2D eigenvalue weighted by Crippen LogP contribution is 2.28. The summed E-state index contributed by atoms with van der Waals surface area (Å²) in [6.07, 6.45) is 0. The summed E-state index contributed by atoms with van der Waals surface area (Å²) in [4.78, 5) is 4.79. The highest BCUT2D eigenvalue weighted by atomic mass is 79.9. The number of hydrogen-bond acceptors (Lipinski definition) is 1. The second kappa shape index (κ2) is 4.23. The van der Waals surface area contributed by atoms with Crippen LogP contribution in [0.1, 0.15) is 5.69 Å². The van der Waals surface area contributed by atoms with E-state index in [-0.39, 0.29) is 0 Å². The number of hydrogen-bond donors (Lipinski definition) is 0. The van der Waals surface area contributed by atoms with Crippen LogP contribution in [0.25, 0.3) is 27.3 Å². The molecule has 0 bridgehead atoms. The zero-order valence-corrected chi connectivity index (χ0v) is 13.8. The first-order valence-electron chi connectivity index (χ1n) is 7.47. The van der Waals surface area contributed by atoms with Crippen molar-refractivity contribution in [3.63, 3.8) is 0 Å². The lowest BCUT2D eigenvalue weighted by Gasteiger charge is -2.05. The summed E-state index contributed by atoms with van der Waals surface area (Å²) in [5.74, 6) is 0. The molecule has 4 aromatic rings. The average Bonchev–Trinajstić information content (AvgIpc) is 3.07. The average molecular weight is 352 g/mol. The first-order chi connectivity index (χ1) is 10.7. The van der Waals surface area contributed by atoms with Crippen LogP contribution < -0.4 is 5.49 Å². The van der Waals surface area contributed by atoms with Crippen molar-refractivity contribution < 1.29 is 0 Å². The molecular formula is C18H14BrN3. The van der Waals surface area contributed by atoms with Gasteiger partial charge in [0, 0.05) is 27.5 Å². The zero-order chi connectivity index (χ0) is 14.8. The predicted octanol–water partition coefficient (Wildman–Crippen LogP) is 4.03. The van der Waals surface area contributed by atoms with E-state index < -0.39 is 0 Å². The molecule has 0 spiro atoms. The van der Waals surface area contributed by atoms with Crippen LogP contribution in [0.5, 0.6) is 0 Å². The molecule has 3 heterocycles. The fourth-order valence-electron chi connectivity index (χ4n) is 3.70. The minimum atomic E-state index is 0.862. The van der Waals surface area contributed by atoms with Crippen LogP contribution in [-0.2, 0) is 6.54 Å². The van der Waals surface area contributed by atoms with Crippen molar-refractivity contribution in [1.82, 2.24) is 8.97 Å². The third-order valence-corrected chi connectivity index (χ3v) is 5.05. The van der Waals surface area contributed by atoms with Crippen molar-refractivity contribution in [2.75, 3.05) is 6.54 Å². The van der Waals surface area contributed by atoms with Gasteiger partial charge in [-0.25, -0.2) is 0 Å². The second-order valence-electron chi connectivity index (χ2n) is 5.85. The van der Waals surface area contributed by atoms with Gasteiger partial charge in [-0.05, 0) is 37.3 Å². The van der Waals surface area contributed by atoms with Crippen LogP contribution in [0.2, 0.25) is 0 Å². The number of aryl methyl sites for hydroxylation is 1. The molecule has 108 valence electrons. The van der Waals surface area contributed by atoms with Crippen LogP contribution in [0, 0.1) is 6.92 Å². The minimum Gasteiger partial charge on any atom is -0.322 e. The molecule has 22 heavy (non-hydrogen) atoms. The molecule has 1 aliphatic heterocycles. The molecular weight excluding hydrogens is 338 g/mol. The van der Waals surface area contributed by atoms with Gasteiger partial charge in [-0.2, -0.15) is 0 Å². The van der Waals surface area contributed by atoms with Gasteiger partial charge in [0.15, 0.2) is 0 Å². The third kappa shape index (κ3) is 1.48. The fraction of sp³-hybridized carbons (Fsp3) is 0.167. The second-order valence-corrected chi connectivity index (χ2v) is 6.77. The maximum absolute atomic E-state index is 4.79. The lowest BCUT2D eigenvalue weighted by atomic mass is 10.2. The molecule has 2 aromatic heterocycles. The molecule has 0 unspecified atom stereocenters. The van der Waals surface area contributed by atoms with Crippen LogP contribution in [-0.4, -0.2) is 15.5 Å². The van der Waals surface area contributed by atoms with Crippen molar-refractivity contribution in [2.45, 2.75) is 13.5 Å². The number of halogens is 1. The van der Waals surface area contributed by atoms with Gasteiger partial charge in [-0.1, -0.05) is 28.1 Å². The van der Waals surface area contributed by atoms with Gasteiger partial charge in [0.1, 0.15) is 5.49 Å². The van der Waals surface area contributed by atoms with Gasteiger partial charge in [-0.15, -0.1) is 0 Å². The van der Waals surface area contributed by atoms with E-state index >= 15 is 0 Å². The molecule has 0 saturated carbocycles. The van der Waals surface area contributed by atoms with Gasteiger partial charge in [0.05, 0.1) is 23.1 Å². The Bertz CT molecular complexity index is 1150. The monoisotopic (exact) mass is 351 g/mol. The molecule has 0 aliphatic carbocycles. The molecule has 3 nitrogen and oxygen atoms in total. The molecule has 1 aliphatic rings. The number of fused-ring (bicyclic) bond motifs is 5. The highest BCUT2D eigenvalue weighted by molar-refractivity contribution is 9.10.